The van der Waals surface area contributed by atoms with Crippen LogP contribution in [0, 0.1) is 0 Å². The molecule has 1 aliphatic rings. The van der Waals surface area contributed by atoms with Gasteiger partial charge in [-0.25, -0.2) is 0 Å². The van der Waals surface area contributed by atoms with Gasteiger partial charge in [-0.05, 0) is 24.1 Å². The predicted octanol–water partition coefficient (Wildman–Crippen LogP) is 1.45. The van der Waals surface area contributed by atoms with E-state index < -0.39 is 0 Å². The second kappa shape index (κ2) is 5.35. The number of amides is 1. The maximum Gasteiger partial charge on any atom is 0.222 e. The lowest BCUT2D eigenvalue weighted by atomic mass is 10.1. The molecule has 18 heavy (non-hydrogen) atoms. The molecule has 1 aromatic rings. The van der Waals surface area contributed by atoms with Gasteiger partial charge in [0.05, 0.1) is 12.7 Å². The van der Waals surface area contributed by atoms with Crippen molar-refractivity contribution in [3.05, 3.63) is 29.3 Å². The van der Waals surface area contributed by atoms with Crippen LogP contribution in [0.5, 0.6) is 5.75 Å². The number of nitrogens with two attached hydrogens (primary N) is 1. The van der Waals surface area contributed by atoms with Gasteiger partial charge < -0.3 is 15.4 Å². The Bertz CT molecular complexity index is 488. The highest BCUT2D eigenvalue weighted by atomic mass is 32.1. The number of methoxy groups -OCH3 is 1. The summed E-state index contributed by atoms with van der Waals surface area (Å²) in [4.78, 5) is 13.7. The highest BCUT2D eigenvalue weighted by molar-refractivity contribution is 7.80. The second-order valence-electron chi connectivity index (χ2n) is 4.32. The predicted molar refractivity (Wildman–Crippen MR) is 73.5 cm³/mol. The molecule has 1 amide bonds. The number of nitrogens with zero attached hydrogens (tertiary/aromatic N) is 1. The first-order valence-electron chi connectivity index (χ1n) is 5.86. The zero-order chi connectivity index (χ0) is 13.1. The van der Waals surface area contributed by atoms with Crippen molar-refractivity contribution in [3.63, 3.8) is 0 Å². The molecule has 0 spiro atoms. The lowest BCUT2D eigenvalue weighted by molar-refractivity contribution is -0.128. The van der Waals surface area contributed by atoms with Crippen LogP contribution in [0.25, 0.3) is 0 Å². The van der Waals surface area contributed by atoms with Crippen LogP contribution < -0.4 is 10.5 Å². The van der Waals surface area contributed by atoms with Crippen molar-refractivity contribution in [2.45, 2.75) is 19.4 Å². The molecular weight excluding hydrogens is 248 g/mol. The minimum atomic E-state index is 0.215. The number of likely N-dealkylation sites (tertiary alicyclic amines) is 1. The van der Waals surface area contributed by atoms with Crippen molar-refractivity contribution >= 4 is 23.1 Å². The van der Waals surface area contributed by atoms with Crippen LogP contribution in [0.15, 0.2) is 18.2 Å². The minimum absolute atomic E-state index is 0.215. The van der Waals surface area contributed by atoms with Crippen molar-refractivity contribution in [1.29, 1.82) is 0 Å². The van der Waals surface area contributed by atoms with Gasteiger partial charge in [0.2, 0.25) is 5.91 Å². The third-order valence-corrected chi connectivity index (χ3v) is 3.30. The third kappa shape index (κ3) is 2.61. The van der Waals surface area contributed by atoms with E-state index in [4.69, 9.17) is 22.7 Å². The highest BCUT2D eigenvalue weighted by Crippen LogP contribution is 2.22. The molecule has 2 rings (SSSR count). The fourth-order valence-electron chi connectivity index (χ4n) is 2.13. The normalized spacial score (nSPS) is 14.9. The van der Waals surface area contributed by atoms with E-state index in [2.05, 4.69) is 0 Å². The van der Waals surface area contributed by atoms with Crippen molar-refractivity contribution in [3.8, 4) is 5.75 Å². The van der Waals surface area contributed by atoms with Gasteiger partial charge in [0.25, 0.3) is 0 Å². The number of hydrogen-bond acceptors (Lipinski definition) is 3. The smallest absolute Gasteiger partial charge is 0.222 e. The van der Waals surface area contributed by atoms with E-state index in [9.17, 15) is 4.79 Å². The molecule has 1 fully saturated rings. The lowest BCUT2D eigenvalue weighted by Gasteiger charge is -2.16. The Hall–Kier alpha value is -1.62. The molecule has 0 aliphatic carbocycles. The molecule has 0 unspecified atom stereocenters. The van der Waals surface area contributed by atoms with E-state index in [1.807, 2.05) is 23.1 Å². The third-order valence-electron chi connectivity index (χ3n) is 3.08. The van der Waals surface area contributed by atoms with Crippen LogP contribution in [-0.4, -0.2) is 29.5 Å². The molecule has 0 saturated carbocycles. The first kappa shape index (κ1) is 12.8. The Morgan fingerprint density at radius 3 is 2.89 bits per heavy atom. The van der Waals surface area contributed by atoms with Gasteiger partial charge >= 0.3 is 0 Å². The molecule has 5 heteroatoms. The Labute approximate surface area is 112 Å². The van der Waals surface area contributed by atoms with E-state index in [0.29, 0.717) is 23.7 Å². The zero-order valence-electron chi connectivity index (χ0n) is 10.3. The maximum atomic E-state index is 11.6. The van der Waals surface area contributed by atoms with Gasteiger partial charge in [-0.15, -0.1) is 0 Å². The average molecular weight is 264 g/mol. The molecule has 4 nitrogen and oxygen atoms in total. The van der Waals surface area contributed by atoms with Crippen LogP contribution >= 0.6 is 12.2 Å². The summed E-state index contributed by atoms with van der Waals surface area (Å²) < 4.78 is 5.27. The summed E-state index contributed by atoms with van der Waals surface area (Å²) in [6.07, 6.45) is 1.60. The summed E-state index contributed by atoms with van der Waals surface area (Å²) in [6.45, 7) is 1.45. The number of ether oxygens (including phenoxy) is 1. The van der Waals surface area contributed by atoms with Crippen molar-refractivity contribution in [2.75, 3.05) is 13.7 Å². The van der Waals surface area contributed by atoms with E-state index in [-0.39, 0.29) is 5.91 Å². The van der Waals surface area contributed by atoms with Crippen LogP contribution in [0.2, 0.25) is 0 Å². The van der Waals surface area contributed by atoms with Gasteiger partial charge in [-0.1, -0.05) is 18.3 Å². The topological polar surface area (TPSA) is 55.6 Å². The van der Waals surface area contributed by atoms with E-state index in [1.165, 1.54) is 0 Å². The Balaban J connectivity index is 2.19. The van der Waals surface area contributed by atoms with Crippen LogP contribution in [0.1, 0.15) is 24.0 Å². The molecule has 0 radical (unpaired) electrons. The summed E-state index contributed by atoms with van der Waals surface area (Å²) >= 11 is 4.95. The van der Waals surface area contributed by atoms with Crippen LogP contribution in [0.4, 0.5) is 0 Å². The van der Waals surface area contributed by atoms with Gasteiger partial charge in [0, 0.05) is 19.5 Å². The molecule has 1 aromatic carbocycles. The summed E-state index contributed by atoms with van der Waals surface area (Å²) in [7, 11) is 1.59. The number of hydrogen-bond donors (Lipinski definition) is 1. The monoisotopic (exact) mass is 264 g/mol. The van der Waals surface area contributed by atoms with Gasteiger partial charge in [0.15, 0.2) is 0 Å². The quantitative estimate of drug-likeness (QED) is 0.836. The second-order valence-corrected chi connectivity index (χ2v) is 4.76. The fourth-order valence-corrected chi connectivity index (χ4v) is 2.30. The van der Waals surface area contributed by atoms with E-state index in [1.54, 1.807) is 7.11 Å². The van der Waals surface area contributed by atoms with Gasteiger partial charge in [0.1, 0.15) is 10.7 Å². The first-order chi connectivity index (χ1) is 8.61. The zero-order valence-corrected chi connectivity index (χ0v) is 11.1. The van der Waals surface area contributed by atoms with Crippen molar-refractivity contribution in [1.82, 2.24) is 4.90 Å². The highest BCUT2D eigenvalue weighted by Gasteiger charge is 2.20. The van der Waals surface area contributed by atoms with E-state index in [0.717, 1.165) is 24.1 Å². The molecule has 2 N–H and O–H groups in total. The molecule has 1 aliphatic heterocycles. The van der Waals surface area contributed by atoms with Crippen LogP contribution in [0.3, 0.4) is 0 Å². The number of carbonyl (C=O) groups excluding carboxylic acids is 1. The summed E-state index contributed by atoms with van der Waals surface area (Å²) in [5.41, 5.74) is 7.37. The minimum Gasteiger partial charge on any atom is -0.496 e. The number of carbonyl (C=O) groups is 1. The molecule has 1 heterocycles. The molecule has 0 aromatic heterocycles. The summed E-state index contributed by atoms with van der Waals surface area (Å²) in [5.74, 6) is 0.874. The standard InChI is InChI=1S/C13H16N2O2S/c1-17-11-7-9(4-5-10(11)13(14)18)8-15-6-2-3-12(15)16/h4-5,7H,2-3,6,8H2,1H3,(H2,14,18). The fraction of sp³-hybridized carbons (Fsp3) is 0.385. The number of benzene rings is 1. The maximum absolute atomic E-state index is 11.6. The molecule has 96 valence electrons. The van der Waals surface area contributed by atoms with Gasteiger partial charge in [-0.2, -0.15) is 0 Å². The van der Waals surface area contributed by atoms with Gasteiger partial charge in [-0.3, -0.25) is 4.79 Å². The summed E-state index contributed by atoms with van der Waals surface area (Å²) in [5, 5.41) is 0. The lowest BCUT2D eigenvalue weighted by Crippen LogP contribution is -2.24. The number of thiocarbonyl (C=S) groups is 1. The summed E-state index contributed by atoms with van der Waals surface area (Å²) in [6, 6.07) is 5.67. The SMILES string of the molecule is COc1cc(CN2CCCC2=O)ccc1C(N)=S. The van der Waals surface area contributed by atoms with E-state index >= 15 is 0 Å². The Morgan fingerprint density at radius 1 is 1.56 bits per heavy atom. The van der Waals surface area contributed by atoms with Crippen molar-refractivity contribution < 1.29 is 9.53 Å². The van der Waals surface area contributed by atoms with Crippen LogP contribution in [-0.2, 0) is 11.3 Å². The molecule has 0 bridgehead atoms. The average Bonchev–Trinajstić information content (AvgIpc) is 2.74. The molecule has 0 atom stereocenters. The molecular formula is C13H16N2O2S. The Kier molecular flexibility index (Phi) is 3.81. The van der Waals surface area contributed by atoms with Crippen molar-refractivity contribution in [2.24, 2.45) is 5.73 Å². The largest absolute Gasteiger partial charge is 0.496 e. The number of rotatable bonds is 4. The molecule has 1 saturated heterocycles. The Morgan fingerprint density at radius 2 is 2.33 bits per heavy atom. The first-order valence-corrected chi connectivity index (χ1v) is 6.27.